The average molecular weight is 459 g/mol. The molecule has 2 aromatic carbocycles. The lowest BCUT2D eigenvalue weighted by Gasteiger charge is -2.21. The molecule has 172 valence electrons. The molecule has 8 heteroatoms. The smallest absolute Gasteiger partial charge is 0.248 e. The Morgan fingerprint density at radius 2 is 1.62 bits per heavy atom. The Morgan fingerprint density at radius 1 is 0.969 bits per heavy atom. The number of amides is 1. The molecule has 0 unspecified atom stereocenters. The molecule has 3 rings (SSSR count). The van der Waals surface area contributed by atoms with E-state index in [1.165, 1.54) is 29.6 Å². The van der Waals surface area contributed by atoms with Crippen LogP contribution in [0.15, 0.2) is 47.4 Å². The molecule has 2 aromatic rings. The topological polar surface area (TPSA) is 84.9 Å². The lowest BCUT2D eigenvalue weighted by atomic mass is 10.1. The van der Waals surface area contributed by atoms with Gasteiger partial charge in [-0.15, -0.1) is 0 Å². The number of nitrogens with one attached hydrogen (secondary N) is 1. The summed E-state index contributed by atoms with van der Waals surface area (Å²) in [5, 5.41) is 2.74. The number of ether oxygens (including phenoxy) is 2. The van der Waals surface area contributed by atoms with E-state index < -0.39 is 15.9 Å². The molecule has 1 aliphatic rings. The highest BCUT2D eigenvalue weighted by molar-refractivity contribution is 7.89. The molecular weight excluding hydrogens is 428 g/mol. The third-order valence-electron chi connectivity index (χ3n) is 5.43. The molecule has 1 N–H and O–H groups in total. The first-order valence-corrected chi connectivity index (χ1v) is 12.1. The van der Waals surface area contributed by atoms with E-state index in [0.29, 0.717) is 30.3 Å². The van der Waals surface area contributed by atoms with E-state index in [1.54, 1.807) is 19.3 Å². The van der Waals surface area contributed by atoms with E-state index in [4.69, 9.17) is 9.47 Å². The van der Waals surface area contributed by atoms with Gasteiger partial charge < -0.3 is 14.8 Å². The van der Waals surface area contributed by atoms with Crippen molar-refractivity contribution >= 4 is 27.7 Å². The van der Waals surface area contributed by atoms with Crippen LogP contribution >= 0.6 is 0 Å². The number of rotatable bonds is 7. The first-order chi connectivity index (χ1) is 15.3. The Labute approximate surface area is 190 Å². The molecule has 0 atom stereocenters. The summed E-state index contributed by atoms with van der Waals surface area (Å²) >= 11 is 0. The third-order valence-corrected chi connectivity index (χ3v) is 7.33. The maximum absolute atomic E-state index is 13.1. The van der Waals surface area contributed by atoms with Gasteiger partial charge in [-0.3, -0.25) is 4.79 Å². The van der Waals surface area contributed by atoms with Crippen LogP contribution in [0.1, 0.15) is 36.8 Å². The number of methoxy groups -OCH3 is 2. The largest absolute Gasteiger partial charge is 0.496 e. The fourth-order valence-corrected chi connectivity index (χ4v) is 5.24. The Balaban J connectivity index is 1.83. The van der Waals surface area contributed by atoms with Crippen molar-refractivity contribution in [2.24, 2.45) is 0 Å². The second kappa shape index (κ2) is 10.7. The average Bonchev–Trinajstić information content (AvgIpc) is 3.08. The fourth-order valence-electron chi connectivity index (χ4n) is 3.70. The number of carbonyl (C=O) groups is 1. The molecule has 0 aromatic heterocycles. The van der Waals surface area contributed by atoms with Gasteiger partial charge in [0.1, 0.15) is 11.5 Å². The van der Waals surface area contributed by atoms with E-state index in [2.05, 4.69) is 5.32 Å². The van der Waals surface area contributed by atoms with Crippen LogP contribution in [-0.2, 0) is 14.8 Å². The SMILES string of the molecule is COc1ccc(C)cc1C=CC(=O)Nc1cc(S(=O)(=O)N2CCCCCC2)ccc1OC. The van der Waals surface area contributed by atoms with Crippen LogP contribution < -0.4 is 14.8 Å². The number of nitrogens with zero attached hydrogens (tertiary/aromatic N) is 1. The number of carbonyl (C=O) groups excluding carboxylic acids is 1. The molecule has 0 saturated carbocycles. The van der Waals surface area contributed by atoms with Gasteiger partial charge >= 0.3 is 0 Å². The van der Waals surface area contributed by atoms with Gasteiger partial charge in [0.15, 0.2) is 0 Å². The van der Waals surface area contributed by atoms with Crippen molar-refractivity contribution in [1.29, 1.82) is 0 Å². The summed E-state index contributed by atoms with van der Waals surface area (Å²) in [6.07, 6.45) is 6.82. The van der Waals surface area contributed by atoms with Crippen LogP contribution in [0.5, 0.6) is 11.5 Å². The Kier molecular flexibility index (Phi) is 7.93. The summed E-state index contributed by atoms with van der Waals surface area (Å²) in [5.41, 5.74) is 2.11. The number of hydrogen-bond acceptors (Lipinski definition) is 5. The van der Waals surface area contributed by atoms with Crippen molar-refractivity contribution in [3.8, 4) is 11.5 Å². The van der Waals surface area contributed by atoms with Crippen molar-refractivity contribution in [3.63, 3.8) is 0 Å². The monoisotopic (exact) mass is 458 g/mol. The van der Waals surface area contributed by atoms with Crippen molar-refractivity contribution in [2.45, 2.75) is 37.5 Å². The molecule has 1 fully saturated rings. The van der Waals surface area contributed by atoms with E-state index in [9.17, 15) is 13.2 Å². The Bertz CT molecular complexity index is 1090. The predicted molar refractivity (Wildman–Crippen MR) is 126 cm³/mol. The quantitative estimate of drug-likeness (QED) is 0.628. The number of benzene rings is 2. The number of aryl methyl sites for hydroxylation is 1. The van der Waals surface area contributed by atoms with Gasteiger partial charge in [0.05, 0.1) is 24.8 Å². The molecule has 0 spiro atoms. The number of anilines is 1. The minimum Gasteiger partial charge on any atom is -0.496 e. The van der Waals surface area contributed by atoms with Crippen LogP contribution in [-0.4, -0.2) is 45.9 Å². The summed E-state index contributed by atoms with van der Waals surface area (Å²) in [4.78, 5) is 12.7. The molecule has 0 radical (unpaired) electrons. The summed E-state index contributed by atoms with van der Waals surface area (Å²) in [6.45, 7) is 2.98. The van der Waals surface area contributed by atoms with Gasteiger partial charge in [-0.05, 0) is 56.2 Å². The van der Waals surface area contributed by atoms with Crippen LogP contribution in [0.3, 0.4) is 0 Å². The van der Waals surface area contributed by atoms with Crippen molar-refractivity contribution < 1.29 is 22.7 Å². The molecule has 1 heterocycles. The van der Waals surface area contributed by atoms with Gasteiger partial charge in [0.2, 0.25) is 15.9 Å². The normalized spacial score (nSPS) is 15.3. The molecular formula is C24H30N2O5S. The Hall–Kier alpha value is -2.84. The van der Waals surface area contributed by atoms with Gasteiger partial charge in [-0.25, -0.2) is 8.42 Å². The van der Waals surface area contributed by atoms with Crippen LogP contribution in [0.4, 0.5) is 5.69 Å². The standard InChI is InChI=1S/C24H30N2O5S/c1-18-8-11-22(30-2)19(16-18)9-13-24(27)25-21-17-20(10-12-23(21)31-3)32(28,29)26-14-6-4-5-7-15-26/h8-13,16-17H,4-7,14-15H2,1-3H3,(H,25,27). The second-order valence-corrected chi connectivity index (χ2v) is 9.69. The molecule has 1 amide bonds. The first-order valence-electron chi connectivity index (χ1n) is 10.7. The lowest BCUT2D eigenvalue weighted by Crippen LogP contribution is -2.32. The minimum absolute atomic E-state index is 0.139. The zero-order valence-electron chi connectivity index (χ0n) is 18.8. The lowest BCUT2D eigenvalue weighted by molar-refractivity contribution is -0.111. The highest BCUT2D eigenvalue weighted by atomic mass is 32.2. The molecule has 0 aliphatic carbocycles. The van der Waals surface area contributed by atoms with Gasteiger partial charge in [-0.2, -0.15) is 4.31 Å². The van der Waals surface area contributed by atoms with Crippen LogP contribution in [0, 0.1) is 6.92 Å². The maximum atomic E-state index is 13.1. The summed E-state index contributed by atoms with van der Waals surface area (Å²) in [5.74, 6) is 0.633. The first kappa shape index (κ1) is 23.8. The molecule has 32 heavy (non-hydrogen) atoms. The maximum Gasteiger partial charge on any atom is 0.248 e. The van der Waals surface area contributed by atoms with E-state index in [-0.39, 0.29) is 4.90 Å². The van der Waals surface area contributed by atoms with Crippen molar-refractivity contribution in [1.82, 2.24) is 4.31 Å². The zero-order chi connectivity index (χ0) is 23.1. The van der Waals surface area contributed by atoms with Gasteiger partial charge in [-0.1, -0.05) is 24.5 Å². The summed E-state index contributed by atoms with van der Waals surface area (Å²) in [6, 6.07) is 10.2. The minimum atomic E-state index is -3.65. The van der Waals surface area contributed by atoms with Gasteiger partial charge in [0.25, 0.3) is 0 Å². The number of hydrogen-bond donors (Lipinski definition) is 1. The highest BCUT2D eigenvalue weighted by Crippen LogP contribution is 2.30. The zero-order valence-corrected chi connectivity index (χ0v) is 19.6. The fraction of sp³-hybridized carbons (Fsp3) is 0.375. The van der Waals surface area contributed by atoms with Crippen molar-refractivity contribution in [2.75, 3.05) is 32.6 Å². The third kappa shape index (κ3) is 5.69. The Morgan fingerprint density at radius 3 is 2.28 bits per heavy atom. The molecule has 7 nitrogen and oxygen atoms in total. The van der Waals surface area contributed by atoms with Crippen molar-refractivity contribution in [3.05, 3.63) is 53.6 Å². The predicted octanol–water partition coefficient (Wildman–Crippen LogP) is 4.23. The van der Waals surface area contributed by atoms with E-state index in [1.807, 2.05) is 25.1 Å². The highest BCUT2D eigenvalue weighted by Gasteiger charge is 2.26. The molecule has 0 bridgehead atoms. The summed E-state index contributed by atoms with van der Waals surface area (Å²) in [7, 11) is -0.600. The van der Waals surface area contributed by atoms with Crippen LogP contribution in [0.25, 0.3) is 6.08 Å². The molecule has 1 saturated heterocycles. The van der Waals surface area contributed by atoms with E-state index >= 15 is 0 Å². The number of sulfonamides is 1. The summed E-state index contributed by atoms with van der Waals surface area (Å²) < 4.78 is 38.5. The van der Waals surface area contributed by atoms with Gasteiger partial charge in [0, 0.05) is 24.7 Å². The molecule has 1 aliphatic heterocycles. The second-order valence-electron chi connectivity index (χ2n) is 7.75. The van der Waals surface area contributed by atoms with Crippen LogP contribution in [0.2, 0.25) is 0 Å². The van der Waals surface area contributed by atoms with E-state index in [0.717, 1.165) is 36.8 Å².